The molecule has 4 nitrogen and oxygen atoms in total. The predicted molar refractivity (Wildman–Crippen MR) is 68.1 cm³/mol. The lowest BCUT2D eigenvalue weighted by molar-refractivity contribution is 0.891. The summed E-state index contributed by atoms with van der Waals surface area (Å²) < 4.78 is 0. The molecule has 88 valence electrons. The van der Waals surface area contributed by atoms with E-state index < -0.39 is 0 Å². The molecule has 1 aliphatic rings. The van der Waals surface area contributed by atoms with Crippen molar-refractivity contribution in [3.63, 3.8) is 0 Å². The van der Waals surface area contributed by atoms with E-state index in [1.165, 1.54) is 12.8 Å². The summed E-state index contributed by atoms with van der Waals surface area (Å²) in [7, 11) is 0. The summed E-state index contributed by atoms with van der Waals surface area (Å²) in [5, 5.41) is 3.13. The molecule has 17 heavy (non-hydrogen) atoms. The van der Waals surface area contributed by atoms with Gasteiger partial charge in [0.2, 0.25) is 0 Å². The van der Waals surface area contributed by atoms with E-state index in [0.29, 0.717) is 18.2 Å². The number of thiazole rings is 1. The van der Waals surface area contributed by atoms with Gasteiger partial charge in [-0.25, -0.2) is 15.0 Å². The van der Waals surface area contributed by atoms with Crippen LogP contribution in [0.2, 0.25) is 0 Å². The topological polar surface area (TPSA) is 64.7 Å². The van der Waals surface area contributed by atoms with Crippen LogP contribution >= 0.6 is 11.3 Å². The molecule has 0 bridgehead atoms. The summed E-state index contributed by atoms with van der Waals surface area (Å²) in [6.45, 7) is 2.00. The number of nitrogens with zero attached hydrogens (tertiary/aromatic N) is 3. The van der Waals surface area contributed by atoms with Crippen molar-refractivity contribution >= 4 is 17.2 Å². The average molecular weight is 246 g/mol. The zero-order chi connectivity index (χ0) is 11.8. The molecule has 0 aliphatic heterocycles. The molecule has 2 aromatic heterocycles. The first kappa shape index (κ1) is 10.7. The third kappa shape index (κ3) is 2.44. The van der Waals surface area contributed by atoms with Crippen molar-refractivity contribution in [1.82, 2.24) is 15.0 Å². The maximum absolute atomic E-state index is 5.81. The Bertz CT molecular complexity index is 545. The molecule has 5 heteroatoms. The Hall–Kier alpha value is -1.49. The number of nitrogen functional groups attached to an aromatic ring is 1. The SMILES string of the molecule is Cc1nc(Cc2nc(N)cc(C3CC3)n2)cs1. The number of rotatable bonds is 3. The molecule has 1 fully saturated rings. The Morgan fingerprint density at radius 3 is 2.82 bits per heavy atom. The molecule has 0 spiro atoms. The van der Waals surface area contributed by atoms with E-state index in [-0.39, 0.29) is 0 Å². The molecular weight excluding hydrogens is 232 g/mol. The molecule has 2 heterocycles. The number of hydrogen-bond acceptors (Lipinski definition) is 5. The predicted octanol–water partition coefficient (Wildman–Crippen LogP) is 2.29. The molecule has 0 aromatic carbocycles. The minimum atomic E-state index is 0.573. The molecule has 1 saturated carbocycles. The van der Waals surface area contributed by atoms with Gasteiger partial charge >= 0.3 is 0 Å². The smallest absolute Gasteiger partial charge is 0.136 e. The van der Waals surface area contributed by atoms with E-state index in [1.807, 2.05) is 13.0 Å². The van der Waals surface area contributed by atoms with Gasteiger partial charge < -0.3 is 5.73 Å². The highest BCUT2D eigenvalue weighted by Crippen LogP contribution is 2.39. The first-order valence-electron chi connectivity index (χ1n) is 5.75. The lowest BCUT2D eigenvalue weighted by atomic mass is 10.2. The van der Waals surface area contributed by atoms with Crippen molar-refractivity contribution in [2.45, 2.75) is 32.1 Å². The van der Waals surface area contributed by atoms with Crippen molar-refractivity contribution in [3.05, 3.63) is 33.7 Å². The van der Waals surface area contributed by atoms with Crippen LogP contribution in [0.3, 0.4) is 0 Å². The Balaban J connectivity index is 1.86. The first-order chi connectivity index (χ1) is 8.20. The van der Waals surface area contributed by atoms with Crippen LogP contribution in [0.4, 0.5) is 5.82 Å². The maximum atomic E-state index is 5.81. The standard InChI is InChI=1S/C12H14N4S/c1-7-14-9(6-17-7)4-12-15-10(8-2-3-8)5-11(13)16-12/h5-6,8H,2-4H2,1H3,(H2,13,15,16). The maximum Gasteiger partial charge on any atom is 0.136 e. The number of aryl methyl sites for hydroxylation is 1. The molecule has 0 amide bonds. The van der Waals surface area contributed by atoms with Gasteiger partial charge in [-0.2, -0.15) is 0 Å². The third-order valence-electron chi connectivity index (χ3n) is 2.81. The quantitative estimate of drug-likeness (QED) is 0.902. The van der Waals surface area contributed by atoms with Gasteiger partial charge in [-0.1, -0.05) is 0 Å². The lowest BCUT2D eigenvalue weighted by Crippen LogP contribution is -2.03. The second kappa shape index (κ2) is 4.07. The lowest BCUT2D eigenvalue weighted by Gasteiger charge is -2.03. The molecule has 3 rings (SSSR count). The van der Waals surface area contributed by atoms with E-state index >= 15 is 0 Å². The van der Waals surface area contributed by atoms with Crippen molar-refractivity contribution in [2.24, 2.45) is 0 Å². The highest BCUT2D eigenvalue weighted by molar-refractivity contribution is 7.09. The van der Waals surface area contributed by atoms with Crippen LogP contribution in [0.5, 0.6) is 0 Å². The van der Waals surface area contributed by atoms with E-state index in [1.54, 1.807) is 11.3 Å². The third-order valence-corrected chi connectivity index (χ3v) is 3.64. The largest absolute Gasteiger partial charge is 0.384 e. The molecule has 0 atom stereocenters. The minimum Gasteiger partial charge on any atom is -0.384 e. The zero-order valence-corrected chi connectivity index (χ0v) is 10.5. The molecule has 2 aromatic rings. The zero-order valence-electron chi connectivity index (χ0n) is 9.68. The fourth-order valence-corrected chi connectivity index (χ4v) is 2.47. The molecule has 1 aliphatic carbocycles. The molecule has 0 unspecified atom stereocenters. The second-order valence-corrected chi connectivity index (χ2v) is 5.51. The van der Waals surface area contributed by atoms with Crippen LogP contribution in [0, 0.1) is 6.92 Å². The van der Waals surface area contributed by atoms with Crippen LogP contribution < -0.4 is 5.73 Å². The second-order valence-electron chi connectivity index (χ2n) is 4.44. The minimum absolute atomic E-state index is 0.573. The van der Waals surface area contributed by atoms with Gasteiger partial charge in [0.1, 0.15) is 11.6 Å². The Kier molecular flexibility index (Phi) is 2.55. The highest BCUT2D eigenvalue weighted by Gasteiger charge is 2.25. The molecular formula is C12H14N4S. The molecule has 2 N–H and O–H groups in total. The number of nitrogens with two attached hydrogens (primary N) is 1. The normalized spacial score (nSPS) is 15.1. The summed E-state index contributed by atoms with van der Waals surface area (Å²) in [6, 6.07) is 1.90. The van der Waals surface area contributed by atoms with Crippen LogP contribution in [-0.4, -0.2) is 15.0 Å². The van der Waals surface area contributed by atoms with Crippen LogP contribution in [0.25, 0.3) is 0 Å². The monoisotopic (exact) mass is 246 g/mol. The van der Waals surface area contributed by atoms with Gasteiger partial charge in [0.05, 0.1) is 17.1 Å². The van der Waals surface area contributed by atoms with Gasteiger partial charge in [-0.05, 0) is 19.8 Å². The van der Waals surface area contributed by atoms with Crippen LogP contribution in [-0.2, 0) is 6.42 Å². The van der Waals surface area contributed by atoms with Gasteiger partial charge in [-0.15, -0.1) is 11.3 Å². The Morgan fingerprint density at radius 2 is 2.18 bits per heavy atom. The van der Waals surface area contributed by atoms with Gasteiger partial charge in [0.15, 0.2) is 0 Å². The molecule has 0 saturated heterocycles. The van der Waals surface area contributed by atoms with Gasteiger partial charge in [0.25, 0.3) is 0 Å². The van der Waals surface area contributed by atoms with E-state index in [9.17, 15) is 0 Å². The van der Waals surface area contributed by atoms with Gasteiger partial charge in [0, 0.05) is 23.1 Å². The fourth-order valence-electron chi connectivity index (χ4n) is 1.86. The van der Waals surface area contributed by atoms with E-state index in [2.05, 4.69) is 20.3 Å². The summed E-state index contributed by atoms with van der Waals surface area (Å²) >= 11 is 1.65. The molecule has 0 radical (unpaired) electrons. The van der Waals surface area contributed by atoms with Crippen molar-refractivity contribution in [3.8, 4) is 0 Å². The van der Waals surface area contributed by atoms with Crippen molar-refractivity contribution < 1.29 is 0 Å². The van der Waals surface area contributed by atoms with Crippen molar-refractivity contribution in [1.29, 1.82) is 0 Å². The fraction of sp³-hybridized carbons (Fsp3) is 0.417. The summed E-state index contributed by atoms with van der Waals surface area (Å²) in [4.78, 5) is 13.3. The number of aromatic nitrogens is 3. The average Bonchev–Trinajstić information content (AvgIpc) is 3.03. The number of hydrogen-bond donors (Lipinski definition) is 1. The Labute approximate surface area is 104 Å². The summed E-state index contributed by atoms with van der Waals surface area (Å²) in [5.74, 6) is 1.97. The van der Waals surface area contributed by atoms with E-state index in [4.69, 9.17) is 5.73 Å². The van der Waals surface area contributed by atoms with Crippen LogP contribution in [0.15, 0.2) is 11.4 Å². The first-order valence-corrected chi connectivity index (χ1v) is 6.63. The summed E-state index contributed by atoms with van der Waals surface area (Å²) in [5.41, 5.74) is 7.94. The van der Waals surface area contributed by atoms with Crippen molar-refractivity contribution in [2.75, 3.05) is 5.73 Å². The van der Waals surface area contributed by atoms with Crippen LogP contribution in [0.1, 0.15) is 41.0 Å². The Morgan fingerprint density at radius 1 is 1.35 bits per heavy atom. The van der Waals surface area contributed by atoms with E-state index in [0.717, 1.165) is 22.2 Å². The van der Waals surface area contributed by atoms with Gasteiger partial charge in [-0.3, -0.25) is 0 Å². The highest BCUT2D eigenvalue weighted by atomic mass is 32.1. The number of anilines is 1. The summed E-state index contributed by atoms with van der Waals surface area (Å²) in [6.07, 6.45) is 3.13.